The van der Waals surface area contributed by atoms with E-state index in [1.54, 1.807) is 0 Å². The van der Waals surface area contributed by atoms with Crippen molar-refractivity contribution in [3.05, 3.63) is 35.4 Å². The molecule has 0 saturated carbocycles. The summed E-state index contributed by atoms with van der Waals surface area (Å²) in [4.78, 5) is 4.48. The third-order valence-corrected chi connectivity index (χ3v) is 3.35. The van der Waals surface area contributed by atoms with Crippen LogP contribution >= 0.6 is 0 Å². The molecule has 0 saturated heterocycles. The van der Waals surface area contributed by atoms with Crippen LogP contribution in [0.25, 0.3) is 0 Å². The molecule has 0 bridgehead atoms. The molecule has 78 valence electrons. The van der Waals surface area contributed by atoms with Crippen molar-refractivity contribution in [2.75, 3.05) is 6.54 Å². The molecule has 1 unspecified atom stereocenters. The summed E-state index contributed by atoms with van der Waals surface area (Å²) in [5.74, 6) is 1.22. The van der Waals surface area contributed by atoms with E-state index in [1.165, 1.54) is 36.2 Å². The molecular formula is C13H16N2. The SMILES string of the molecule is c1ccc2c(c1)CCC2NC1=NCCC1. The van der Waals surface area contributed by atoms with Crippen molar-refractivity contribution in [2.45, 2.75) is 31.7 Å². The van der Waals surface area contributed by atoms with Crippen LogP contribution in [0.4, 0.5) is 0 Å². The third-order valence-electron chi connectivity index (χ3n) is 3.35. The zero-order valence-corrected chi connectivity index (χ0v) is 8.87. The van der Waals surface area contributed by atoms with Crippen molar-refractivity contribution >= 4 is 5.84 Å². The van der Waals surface area contributed by atoms with E-state index in [0.717, 1.165) is 13.0 Å². The van der Waals surface area contributed by atoms with E-state index in [9.17, 15) is 0 Å². The summed E-state index contributed by atoms with van der Waals surface area (Å²) in [5, 5.41) is 3.58. The van der Waals surface area contributed by atoms with Gasteiger partial charge in [0, 0.05) is 13.0 Å². The Labute approximate surface area is 90.4 Å². The monoisotopic (exact) mass is 200 g/mol. The van der Waals surface area contributed by atoms with Gasteiger partial charge in [-0.15, -0.1) is 0 Å². The van der Waals surface area contributed by atoms with E-state index in [-0.39, 0.29) is 0 Å². The standard InChI is InChI=1S/C13H16N2/c1-2-5-11-10(4-1)7-8-12(11)15-13-6-3-9-14-13/h1-2,4-5,12H,3,6-9H2,(H,14,15). The highest BCUT2D eigenvalue weighted by Gasteiger charge is 2.22. The van der Waals surface area contributed by atoms with Crippen LogP contribution in [0.1, 0.15) is 36.4 Å². The second-order valence-electron chi connectivity index (χ2n) is 4.37. The molecule has 0 fully saturated rings. The summed E-state index contributed by atoms with van der Waals surface area (Å²) < 4.78 is 0. The van der Waals surface area contributed by atoms with Crippen molar-refractivity contribution in [1.82, 2.24) is 5.32 Å². The average Bonchev–Trinajstić information content (AvgIpc) is 2.89. The van der Waals surface area contributed by atoms with Crippen molar-refractivity contribution < 1.29 is 0 Å². The van der Waals surface area contributed by atoms with Crippen molar-refractivity contribution in [2.24, 2.45) is 4.99 Å². The maximum Gasteiger partial charge on any atom is 0.0968 e. The molecule has 1 heterocycles. The fraction of sp³-hybridized carbons (Fsp3) is 0.462. The van der Waals surface area contributed by atoms with E-state index in [1.807, 2.05) is 0 Å². The summed E-state index contributed by atoms with van der Waals surface area (Å²) in [6, 6.07) is 9.27. The Morgan fingerprint density at radius 2 is 2.13 bits per heavy atom. The molecule has 3 rings (SSSR count). The number of aliphatic imine (C=N–C) groups is 1. The predicted octanol–water partition coefficient (Wildman–Crippen LogP) is 2.46. The molecule has 1 aromatic carbocycles. The molecule has 2 aliphatic rings. The van der Waals surface area contributed by atoms with E-state index < -0.39 is 0 Å². The summed E-state index contributed by atoms with van der Waals surface area (Å²) in [5.41, 5.74) is 2.99. The molecule has 1 aliphatic carbocycles. The minimum Gasteiger partial charge on any atom is -0.367 e. The van der Waals surface area contributed by atoms with Crippen LogP contribution in [0.5, 0.6) is 0 Å². The smallest absolute Gasteiger partial charge is 0.0968 e. The summed E-state index contributed by atoms with van der Waals surface area (Å²) in [6.45, 7) is 1.01. The van der Waals surface area contributed by atoms with Gasteiger partial charge in [0.25, 0.3) is 0 Å². The molecule has 0 radical (unpaired) electrons. The van der Waals surface area contributed by atoms with E-state index in [4.69, 9.17) is 0 Å². The molecule has 1 aliphatic heterocycles. The summed E-state index contributed by atoms with van der Waals surface area (Å²) in [6.07, 6.45) is 4.79. The molecule has 2 heteroatoms. The molecule has 0 spiro atoms. The number of hydrogen-bond acceptors (Lipinski definition) is 2. The first-order valence-electron chi connectivity index (χ1n) is 5.81. The summed E-state index contributed by atoms with van der Waals surface area (Å²) in [7, 11) is 0. The Bertz CT molecular complexity index is 395. The van der Waals surface area contributed by atoms with Gasteiger partial charge in [0.05, 0.1) is 11.9 Å². The van der Waals surface area contributed by atoms with Gasteiger partial charge < -0.3 is 5.32 Å². The Hall–Kier alpha value is -1.31. The van der Waals surface area contributed by atoms with Crippen molar-refractivity contribution in [3.63, 3.8) is 0 Å². The number of rotatable bonds is 1. The lowest BCUT2D eigenvalue weighted by molar-refractivity contribution is 0.635. The summed E-state index contributed by atoms with van der Waals surface area (Å²) >= 11 is 0. The first-order valence-corrected chi connectivity index (χ1v) is 5.81. The van der Waals surface area contributed by atoms with Crippen LogP contribution in [0.3, 0.4) is 0 Å². The first-order chi connectivity index (χ1) is 7.43. The minimum atomic E-state index is 0.512. The van der Waals surface area contributed by atoms with Gasteiger partial charge in [0.15, 0.2) is 0 Å². The zero-order valence-electron chi connectivity index (χ0n) is 8.87. The second-order valence-corrected chi connectivity index (χ2v) is 4.37. The van der Waals surface area contributed by atoms with Crippen molar-refractivity contribution in [1.29, 1.82) is 0 Å². The normalized spacial score (nSPS) is 23.7. The molecule has 1 aromatic rings. The molecule has 15 heavy (non-hydrogen) atoms. The molecule has 1 atom stereocenters. The number of hydrogen-bond donors (Lipinski definition) is 1. The van der Waals surface area contributed by atoms with Crippen LogP contribution in [0, 0.1) is 0 Å². The van der Waals surface area contributed by atoms with Gasteiger partial charge in [-0.05, 0) is 30.4 Å². The van der Waals surface area contributed by atoms with Crippen LogP contribution in [0.15, 0.2) is 29.3 Å². The molecule has 1 N–H and O–H groups in total. The number of fused-ring (bicyclic) bond motifs is 1. The van der Waals surface area contributed by atoms with Crippen molar-refractivity contribution in [3.8, 4) is 0 Å². The Kier molecular flexibility index (Phi) is 2.20. The van der Waals surface area contributed by atoms with E-state index in [0.29, 0.717) is 6.04 Å². The quantitative estimate of drug-likeness (QED) is 0.740. The number of amidine groups is 1. The van der Waals surface area contributed by atoms with Gasteiger partial charge in [0.1, 0.15) is 0 Å². The fourth-order valence-corrected chi connectivity index (χ4v) is 2.57. The van der Waals surface area contributed by atoms with Gasteiger partial charge in [-0.2, -0.15) is 0 Å². The first kappa shape index (κ1) is 8.96. The fourth-order valence-electron chi connectivity index (χ4n) is 2.57. The lowest BCUT2D eigenvalue weighted by Crippen LogP contribution is -2.25. The van der Waals surface area contributed by atoms with Crippen LogP contribution in [0.2, 0.25) is 0 Å². The highest BCUT2D eigenvalue weighted by molar-refractivity contribution is 5.84. The Morgan fingerprint density at radius 3 is 3.00 bits per heavy atom. The van der Waals surface area contributed by atoms with Gasteiger partial charge >= 0.3 is 0 Å². The van der Waals surface area contributed by atoms with Gasteiger partial charge in [-0.3, -0.25) is 4.99 Å². The topological polar surface area (TPSA) is 24.4 Å². The maximum absolute atomic E-state index is 4.48. The lowest BCUT2D eigenvalue weighted by atomic mass is 10.1. The Balaban J connectivity index is 1.79. The van der Waals surface area contributed by atoms with Crippen LogP contribution < -0.4 is 5.32 Å². The molecular weight excluding hydrogens is 184 g/mol. The third kappa shape index (κ3) is 1.65. The number of nitrogens with one attached hydrogen (secondary N) is 1. The van der Waals surface area contributed by atoms with Gasteiger partial charge in [-0.25, -0.2) is 0 Å². The van der Waals surface area contributed by atoms with E-state index >= 15 is 0 Å². The van der Waals surface area contributed by atoms with Gasteiger partial charge in [-0.1, -0.05) is 24.3 Å². The zero-order chi connectivity index (χ0) is 10.1. The lowest BCUT2D eigenvalue weighted by Gasteiger charge is -2.14. The molecule has 0 amide bonds. The number of benzene rings is 1. The van der Waals surface area contributed by atoms with Crippen LogP contribution in [-0.2, 0) is 6.42 Å². The van der Waals surface area contributed by atoms with Crippen LogP contribution in [-0.4, -0.2) is 12.4 Å². The maximum atomic E-state index is 4.48. The van der Waals surface area contributed by atoms with Gasteiger partial charge in [0.2, 0.25) is 0 Å². The highest BCUT2D eigenvalue weighted by atomic mass is 15.0. The highest BCUT2D eigenvalue weighted by Crippen LogP contribution is 2.30. The second kappa shape index (κ2) is 3.69. The minimum absolute atomic E-state index is 0.512. The predicted molar refractivity (Wildman–Crippen MR) is 62.2 cm³/mol. The number of aryl methyl sites for hydroxylation is 1. The number of nitrogens with zero attached hydrogens (tertiary/aromatic N) is 1. The molecule has 0 aromatic heterocycles. The molecule has 2 nitrogen and oxygen atoms in total. The van der Waals surface area contributed by atoms with E-state index in [2.05, 4.69) is 34.6 Å². The average molecular weight is 200 g/mol. The largest absolute Gasteiger partial charge is 0.367 e. The Morgan fingerprint density at radius 1 is 1.20 bits per heavy atom.